The predicted octanol–water partition coefficient (Wildman–Crippen LogP) is 5.01. The van der Waals surface area contributed by atoms with Gasteiger partial charge in [-0.3, -0.25) is 4.79 Å². The van der Waals surface area contributed by atoms with Crippen molar-refractivity contribution < 1.29 is 9.53 Å². The van der Waals surface area contributed by atoms with Gasteiger partial charge in [-0.05, 0) is 61.5 Å². The topological polar surface area (TPSA) is 57.7 Å². The SMILES string of the molecule is CCN1CCN(c2nc3ccc(NC(=O)COc4ccc(Cl)cc4Cl)cc3cc2C)CC1. The first-order chi connectivity index (χ1) is 15.4. The molecule has 1 aliphatic rings. The summed E-state index contributed by atoms with van der Waals surface area (Å²) < 4.78 is 5.51. The van der Waals surface area contributed by atoms with Gasteiger partial charge in [0.25, 0.3) is 5.91 Å². The number of piperazine rings is 1. The van der Waals surface area contributed by atoms with Gasteiger partial charge in [0.2, 0.25) is 0 Å². The molecule has 6 nitrogen and oxygen atoms in total. The van der Waals surface area contributed by atoms with Crippen molar-refractivity contribution in [3.8, 4) is 5.75 Å². The average molecular weight is 473 g/mol. The van der Waals surface area contributed by atoms with Crippen molar-refractivity contribution in [3.05, 3.63) is 58.1 Å². The molecule has 0 unspecified atom stereocenters. The van der Waals surface area contributed by atoms with Crippen LogP contribution in [0.1, 0.15) is 12.5 Å². The summed E-state index contributed by atoms with van der Waals surface area (Å²) in [5.41, 5.74) is 2.73. The van der Waals surface area contributed by atoms with Crippen LogP contribution in [0.4, 0.5) is 11.5 Å². The molecule has 4 rings (SSSR count). The van der Waals surface area contributed by atoms with Crippen molar-refractivity contribution in [1.82, 2.24) is 9.88 Å². The summed E-state index contributed by atoms with van der Waals surface area (Å²) in [7, 11) is 0. The van der Waals surface area contributed by atoms with Crippen LogP contribution >= 0.6 is 23.2 Å². The van der Waals surface area contributed by atoms with Gasteiger partial charge in [0, 0.05) is 42.3 Å². The number of aromatic nitrogens is 1. The van der Waals surface area contributed by atoms with Gasteiger partial charge in [-0.2, -0.15) is 0 Å². The molecule has 1 fully saturated rings. The quantitative estimate of drug-likeness (QED) is 0.546. The molecule has 1 N–H and O–H groups in total. The number of hydrogen-bond acceptors (Lipinski definition) is 5. The Labute approximate surface area is 198 Å². The highest BCUT2D eigenvalue weighted by Crippen LogP contribution is 2.28. The summed E-state index contributed by atoms with van der Waals surface area (Å²) in [5.74, 6) is 1.18. The third kappa shape index (κ3) is 5.26. The molecule has 8 heteroatoms. The lowest BCUT2D eigenvalue weighted by molar-refractivity contribution is -0.118. The third-order valence-corrected chi connectivity index (χ3v) is 6.16. The van der Waals surface area contributed by atoms with E-state index in [1.807, 2.05) is 18.2 Å². The molecule has 2 aromatic carbocycles. The maximum absolute atomic E-state index is 12.3. The molecule has 2 heterocycles. The molecule has 0 atom stereocenters. The molecule has 0 radical (unpaired) electrons. The Morgan fingerprint density at radius 3 is 2.59 bits per heavy atom. The van der Waals surface area contributed by atoms with E-state index in [1.54, 1.807) is 18.2 Å². The van der Waals surface area contributed by atoms with Crippen LogP contribution < -0.4 is 15.0 Å². The Kier molecular flexibility index (Phi) is 7.04. The number of ether oxygens (including phenoxy) is 1. The van der Waals surface area contributed by atoms with E-state index in [2.05, 4.69) is 35.0 Å². The van der Waals surface area contributed by atoms with Crippen molar-refractivity contribution in [2.75, 3.05) is 49.5 Å². The minimum absolute atomic E-state index is 0.153. The van der Waals surface area contributed by atoms with Crippen LogP contribution in [0, 0.1) is 6.92 Å². The number of nitrogens with one attached hydrogen (secondary N) is 1. The molecule has 32 heavy (non-hydrogen) atoms. The van der Waals surface area contributed by atoms with Crippen LogP contribution in [0.2, 0.25) is 10.0 Å². The lowest BCUT2D eigenvalue weighted by Gasteiger charge is -2.35. The van der Waals surface area contributed by atoms with Crippen LogP contribution in [-0.2, 0) is 4.79 Å². The third-order valence-electron chi connectivity index (χ3n) is 5.63. The van der Waals surface area contributed by atoms with Crippen LogP contribution in [0.25, 0.3) is 10.9 Å². The molecule has 1 aromatic heterocycles. The molecule has 168 valence electrons. The van der Waals surface area contributed by atoms with E-state index in [-0.39, 0.29) is 12.5 Å². The van der Waals surface area contributed by atoms with E-state index < -0.39 is 0 Å². The fourth-order valence-electron chi connectivity index (χ4n) is 3.88. The Morgan fingerprint density at radius 2 is 1.88 bits per heavy atom. The molecule has 1 saturated heterocycles. The Balaban J connectivity index is 1.42. The van der Waals surface area contributed by atoms with E-state index in [1.165, 1.54) is 0 Å². The summed E-state index contributed by atoms with van der Waals surface area (Å²) in [6.07, 6.45) is 0. The normalized spacial score (nSPS) is 14.6. The summed E-state index contributed by atoms with van der Waals surface area (Å²) in [6.45, 7) is 9.31. The number of rotatable bonds is 6. The van der Waals surface area contributed by atoms with E-state index in [0.717, 1.165) is 55.0 Å². The Hall–Kier alpha value is -2.54. The number of nitrogens with zero attached hydrogens (tertiary/aromatic N) is 3. The van der Waals surface area contributed by atoms with Gasteiger partial charge in [-0.1, -0.05) is 30.1 Å². The second-order valence-corrected chi connectivity index (χ2v) is 8.71. The zero-order chi connectivity index (χ0) is 22.7. The smallest absolute Gasteiger partial charge is 0.262 e. The predicted molar refractivity (Wildman–Crippen MR) is 131 cm³/mol. The van der Waals surface area contributed by atoms with Crippen molar-refractivity contribution in [3.63, 3.8) is 0 Å². The van der Waals surface area contributed by atoms with E-state index in [9.17, 15) is 4.79 Å². The number of carbonyl (C=O) groups is 1. The van der Waals surface area contributed by atoms with Crippen molar-refractivity contribution >= 4 is 51.5 Å². The summed E-state index contributed by atoms with van der Waals surface area (Å²) in [6, 6.07) is 12.7. The number of aryl methyl sites for hydroxylation is 1. The molecule has 0 spiro atoms. The van der Waals surface area contributed by atoms with Crippen LogP contribution in [0.15, 0.2) is 42.5 Å². The molecular weight excluding hydrogens is 447 g/mol. The van der Waals surface area contributed by atoms with Gasteiger partial charge in [0.15, 0.2) is 6.61 Å². The van der Waals surface area contributed by atoms with Gasteiger partial charge in [0.05, 0.1) is 10.5 Å². The molecule has 1 aliphatic heterocycles. The van der Waals surface area contributed by atoms with E-state index in [4.69, 9.17) is 32.9 Å². The van der Waals surface area contributed by atoms with E-state index in [0.29, 0.717) is 21.5 Å². The lowest BCUT2D eigenvalue weighted by Crippen LogP contribution is -2.46. The van der Waals surface area contributed by atoms with Gasteiger partial charge in [-0.25, -0.2) is 4.98 Å². The highest BCUT2D eigenvalue weighted by Gasteiger charge is 2.19. The first kappa shape index (κ1) is 22.6. The number of anilines is 2. The maximum Gasteiger partial charge on any atom is 0.262 e. The van der Waals surface area contributed by atoms with Gasteiger partial charge in [-0.15, -0.1) is 0 Å². The van der Waals surface area contributed by atoms with Crippen LogP contribution in [0.3, 0.4) is 0 Å². The van der Waals surface area contributed by atoms with Crippen molar-refractivity contribution in [2.45, 2.75) is 13.8 Å². The Bertz CT molecular complexity index is 1130. The molecular formula is C24H26Cl2N4O2. The summed E-state index contributed by atoms with van der Waals surface area (Å²) in [5, 5.41) is 4.73. The minimum atomic E-state index is -0.273. The van der Waals surface area contributed by atoms with Gasteiger partial charge in [0.1, 0.15) is 11.6 Å². The summed E-state index contributed by atoms with van der Waals surface area (Å²) >= 11 is 12.0. The zero-order valence-electron chi connectivity index (χ0n) is 18.2. The molecule has 0 saturated carbocycles. The fraction of sp³-hybridized carbons (Fsp3) is 0.333. The molecule has 3 aromatic rings. The highest BCUT2D eigenvalue weighted by atomic mass is 35.5. The highest BCUT2D eigenvalue weighted by molar-refractivity contribution is 6.35. The van der Waals surface area contributed by atoms with Crippen LogP contribution in [0.5, 0.6) is 5.75 Å². The number of benzene rings is 2. The van der Waals surface area contributed by atoms with Crippen molar-refractivity contribution in [2.24, 2.45) is 0 Å². The second-order valence-electron chi connectivity index (χ2n) is 7.87. The van der Waals surface area contributed by atoms with Crippen molar-refractivity contribution in [1.29, 1.82) is 0 Å². The number of fused-ring (bicyclic) bond motifs is 1. The zero-order valence-corrected chi connectivity index (χ0v) is 19.7. The van der Waals surface area contributed by atoms with Gasteiger partial charge < -0.3 is 19.9 Å². The number of likely N-dealkylation sites (N-methyl/N-ethyl adjacent to an activating group) is 1. The number of halogens is 2. The lowest BCUT2D eigenvalue weighted by atomic mass is 10.1. The summed E-state index contributed by atoms with van der Waals surface area (Å²) in [4.78, 5) is 22.1. The largest absolute Gasteiger partial charge is 0.482 e. The molecule has 0 bridgehead atoms. The van der Waals surface area contributed by atoms with Gasteiger partial charge >= 0.3 is 0 Å². The number of amides is 1. The standard InChI is InChI=1S/C24H26Cl2N4O2/c1-3-29-8-10-30(11-9-29)24-16(2)12-17-13-19(5-6-21(17)28-24)27-23(31)15-32-22-7-4-18(25)14-20(22)26/h4-7,12-14H,3,8-11,15H2,1-2H3,(H,27,31). The Morgan fingerprint density at radius 1 is 1.09 bits per heavy atom. The first-order valence-corrected chi connectivity index (χ1v) is 11.4. The second kappa shape index (κ2) is 9.94. The maximum atomic E-state index is 12.3. The monoisotopic (exact) mass is 472 g/mol. The number of carbonyl (C=O) groups excluding carboxylic acids is 1. The molecule has 0 aliphatic carbocycles. The fourth-order valence-corrected chi connectivity index (χ4v) is 4.34. The average Bonchev–Trinajstić information content (AvgIpc) is 2.78. The first-order valence-electron chi connectivity index (χ1n) is 10.7. The number of pyridine rings is 1. The number of hydrogen-bond donors (Lipinski definition) is 1. The van der Waals surface area contributed by atoms with E-state index >= 15 is 0 Å². The molecule has 1 amide bonds. The minimum Gasteiger partial charge on any atom is -0.482 e. The van der Waals surface area contributed by atoms with Crippen LogP contribution in [-0.4, -0.2) is 55.1 Å².